The topological polar surface area (TPSA) is 76.4 Å². The first-order valence-electron chi connectivity index (χ1n) is 6.08. The minimum Gasteiger partial charge on any atom is -0.414 e. The van der Waals surface area contributed by atoms with E-state index in [0.29, 0.717) is 21.5 Å². The standard InChI is InChI=1S/C14H11NO4S2/c1-9-7-10(8-12-13(9)19-14(16)20-12)15-21(17,18)11-5-3-2-4-6-11/h2-8,15H,1H3. The van der Waals surface area contributed by atoms with Crippen molar-refractivity contribution in [3.8, 4) is 0 Å². The molecule has 2 aromatic carbocycles. The Balaban J connectivity index is 2.04. The average Bonchev–Trinajstić information content (AvgIpc) is 2.80. The molecule has 21 heavy (non-hydrogen) atoms. The third-order valence-corrected chi connectivity index (χ3v) is 5.10. The minimum atomic E-state index is -3.65. The van der Waals surface area contributed by atoms with Gasteiger partial charge in [0.25, 0.3) is 10.0 Å². The summed E-state index contributed by atoms with van der Waals surface area (Å²) in [7, 11) is -3.65. The van der Waals surface area contributed by atoms with Crippen LogP contribution in [0.1, 0.15) is 5.56 Å². The molecule has 0 bridgehead atoms. The molecule has 0 aliphatic heterocycles. The largest absolute Gasteiger partial charge is 0.414 e. The highest BCUT2D eigenvalue weighted by Crippen LogP contribution is 2.26. The molecule has 3 rings (SSSR count). The van der Waals surface area contributed by atoms with Gasteiger partial charge in [0.1, 0.15) is 0 Å². The summed E-state index contributed by atoms with van der Waals surface area (Å²) < 4.78 is 32.7. The van der Waals surface area contributed by atoms with Crippen LogP contribution in [-0.2, 0) is 10.0 Å². The van der Waals surface area contributed by atoms with E-state index in [-0.39, 0.29) is 4.90 Å². The summed E-state index contributed by atoms with van der Waals surface area (Å²) in [6, 6.07) is 11.3. The first-order chi connectivity index (χ1) is 9.95. The van der Waals surface area contributed by atoms with E-state index in [4.69, 9.17) is 4.42 Å². The molecule has 0 atom stereocenters. The van der Waals surface area contributed by atoms with Crippen LogP contribution in [0.2, 0.25) is 0 Å². The van der Waals surface area contributed by atoms with Crippen molar-refractivity contribution in [1.82, 2.24) is 0 Å². The van der Waals surface area contributed by atoms with Gasteiger partial charge in [-0.1, -0.05) is 29.5 Å². The Bertz CT molecular complexity index is 956. The molecule has 108 valence electrons. The Morgan fingerprint density at radius 1 is 1.14 bits per heavy atom. The highest BCUT2D eigenvalue weighted by molar-refractivity contribution is 7.92. The van der Waals surface area contributed by atoms with E-state index in [0.717, 1.165) is 11.3 Å². The highest BCUT2D eigenvalue weighted by atomic mass is 32.2. The van der Waals surface area contributed by atoms with Crippen LogP contribution in [0.5, 0.6) is 0 Å². The van der Waals surface area contributed by atoms with Gasteiger partial charge in [0.2, 0.25) is 0 Å². The zero-order valence-corrected chi connectivity index (χ0v) is 12.6. The SMILES string of the molecule is Cc1cc(NS(=O)(=O)c2ccccc2)cc2sc(=O)oc12. The van der Waals surface area contributed by atoms with E-state index in [9.17, 15) is 13.2 Å². The van der Waals surface area contributed by atoms with Crippen molar-refractivity contribution in [2.45, 2.75) is 11.8 Å². The minimum absolute atomic E-state index is 0.183. The summed E-state index contributed by atoms with van der Waals surface area (Å²) in [5.74, 6) is 0. The van der Waals surface area contributed by atoms with Gasteiger partial charge >= 0.3 is 4.94 Å². The summed E-state index contributed by atoms with van der Waals surface area (Å²) in [5, 5.41) is 0. The van der Waals surface area contributed by atoms with Crippen molar-refractivity contribution in [3.05, 3.63) is 57.8 Å². The van der Waals surface area contributed by atoms with Gasteiger partial charge in [0.05, 0.1) is 15.3 Å². The number of aryl methyl sites for hydroxylation is 1. The number of rotatable bonds is 3. The lowest BCUT2D eigenvalue weighted by Crippen LogP contribution is -2.12. The normalized spacial score (nSPS) is 11.7. The molecule has 0 radical (unpaired) electrons. The van der Waals surface area contributed by atoms with Crippen LogP contribution < -0.4 is 9.66 Å². The molecular formula is C14H11NO4S2. The summed E-state index contributed by atoms with van der Waals surface area (Å²) in [6.07, 6.45) is 0. The molecule has 1 heterocycles. The molecule has 0 spiro atoms. The lowest BCUT2D eigenvalue weighted by atomic mass is 10.2. The molecule has 0 fully saturated rings. The third-order valence-electron chi connectivity index (χ3n) is 2.92. The van der Waals surface area contributed by atoms with Crippen molar-refractivity contribution < 1.29 is 12.8 Å². The molecule has 0 amide bonds. The van der Waals surface area contributed by atoms with Crippen LogP contribution in [0.25, 0.3) is 10.3 Å². The maximum Gasteiger partial charge on any atom is 0.396 e. The first kappa shape index (κ1) is 13.8. The fourth-order valence-corrected chi connectivity index (χ4v) is 3.86. The fourth-order valence-electron chi connectivity index (χ4n) is 2.01. The molecule has 0 unspecified atom stereocenters. The predicted molar refractivity (Wildman–Crippen MR) is 82.3 cm³/mol. The van der Waals surface area contributed by atoms with Crippen molar-refractivity contribution in [1.29, 1.82) is 0 Å². The van der Waals surface area contributed by atoms with Gasteiger partial charge < -0.3 is 4.42 Å². The fraction of sp³-hybridized carbons (Fsp3) is 0.0714. The number of hydrogen-bond acceptors (Lipinski definition) is 5. The Labute approximate surface area is 124 Å². The average molecular weight is 321 g/mol. The predicted octanol–water partition coefficient (Wildman–Crippen LogP) is 2.96. The van der Waals surface area contributed by atoms with Crippen molar-refractivity contribution >= 4 is 37.3 Å². The van der Waals surface area contributed by atoms with E-state index >= 15 is 0 Å². The third kappa shape index (κ3) is 2.70. The Morgan fingerprint density at radius 2 is 1.86 bits per heavy atom. The van der Waals surface area contributed by atoms with Gasteiger partial charge in [0.15, 0.2) is 5.58 Å². The maximum atomic E-state index is 12.3. The van der Waals surface area contributed by atoms with Gasteiger partial charge in [0, 0.05) is 0 Å². The molecule has 0 saturated carbocycles. The number of benzene rings is 2. The second-order valence-electron chi connectivity index (χ2n) is 4.49. The van der Waals surface area contributed by atoms with Crippen molar-refractivity contribution in [2.75, 3.05) is 4.72 Å². The smallest absolute Gasteiger partial charge is 0.396 e. The van der Waals surface area contributed by atoms with E-state index in [1.807, 2.05) is 0 Å². The summed E-state index contributed by atoms with van der Waals surface area (Å²) in [5.41, 5.74) is 1.60. The van der Waals surface area contributed by atoms with Crippen molar-refractivity contribution in [3.63, 3.8) is 0 Å². The molecule has 5 nitrogen and oxygen atoms in total. The van der Waals surface area contributed by atoms with Gasteiger partial charge in [-0.25, -0.2) is 13.2 Å². The molecular weight excluding hydrogens is 310 g/mol. The van der Waals surface area contributed by atoms with Crippen LogP contribution in [0.3, 0.4) is 0 Å². The Morgan fingerprint density at radius 3 is 2.57 bits per heavy atom. The second kappa shape index (κ2) is 5.01. The lowest BCUT2D eigenvalue weighted by molar-refractivity contribution is 0.583. The summed E-state index contributed by atoms with van der Waals surface area (Å²) >= 11 is 0.945. The van der Waals surface area contributed by atoms with E-state index in [1.54, 1.807) is 37.3 Å². The van der Waals surface area contributed by atoms with Crippen LogP contribution in [0, 0.1) is 6.92 Å². The van der Waals surface area contributed by atoms with Gasteiger partial charge in [-0.15, -0.1) is 0 Å². The molecule has 1 aromatic heterocycles. The quantitative estimate of drug-likeness (QED) is 0.804. The van der Waals surface area contributed by atoms with Gasteiger partial charge in [-0.3, -0.25) is 4.72 Å². The summed E-state index contributed by atoms with van der Waals surface area (Å²) in [6.45, 7) is 1.76. The number of anilines is 1. The monoisotopic (exact) mass is 321 g/mol. The van der Waals surface area contributed by atoms with Crippen LogP contribution in [-0.4, -0.2) is 8.42 Å². The molecule has 0 saturated heterocycles. The molecule has 0 aliphatic carbocycles. The van der Waals surface area contributed by atoms with Crippen molar-refractivity contribution in [2.24, 2.45) is 0 Å². The second-order valence-corrected chi connectivity index (χ2v) is 7.15. The van der Waals surface area contributed by atoms with Gasteiger partial charge in [-0.2, -0.15) is 0 Å². The van der Waals surface area contributed by atoms with E-state index in [2.05, 4.69) is 4.72 Å². The van der Waals surface area contributed by atoms with Crippen LogP contribution in [0.15, 0.2) is 56.6 Å². The molecule has 3 aromatic rings. The van der Waals surface area contributed by atoms with E-state index < -0.39 is 15.0 Å². The number of hydrogen-bond donors (Lipinski definition) is 1. The van der Waals surface area contributed by atoms with E-state index in [1.165, 1.54) is 12.1 Å². The molecule has 0 aliphatic rings. The highest BCUT2D eigenvalue weighted by Gasteiger charge is 2.15. The number of sulfonamides is 1. The zero-order valence-electron chi connectivity index (χ0n) is 11.0. The first-order valence-corrected chi connectivity index (χ1v) is 8.38. The van der Waals surface area contributed by atoms with Gasteiger partial charge in [-0.05, 0) is 36.8 Å². The Kier molecular flexibility index (Phi) is 3.30. The molecule has 7 heteroatoms. The van der Waals surface area contributed by atoms with Crippen LogP contribution in [0.4, 0.5) is 5.69 Å². The maximum absolute atomic E-state index is 12.3. The number of fused-ring (bicyclic) bond motifs is 1. The Hall–Kier alpha value is -2.12. The lowest BCUT2D eigenvalue weighted by Gasteiger charge is -2.08. The summed E-state index contributed by atoms with van der Waals surface area (Å²) in [4.78, 5) is 11.0. The molecule has 1 N–H and O–H groups in total. The van der Waals surface area contributed by atoms with Crippen LogP contribution >= 0.6 is 11.3 Å². The zero-order chi connectivity index (χ0) is 15.0. The number of nitrogens with one attached hydrogen (secondary N) is 1.